The molecule has 0 aliphatic rings. The Balaban J connectivity index is 1.65. The van der Waals surface area contributed by atoms with Gasteiger partial charge >= 0.3 is 5.97 Å². The minimum absolute atomic E-state index is 0.0770. The van der Waals surface area contributed by atoms with E-state index in [0.29, 0.717) is 21.7 Å². The van der Waals surface area contributed by atoms with Gasteiger partial charge in [0.15, 0.2) is 0 Å². The Morgan fingerprint density at radius 3 is 2.69 bits per heavy atom. The zero-order valence-corrected chi connectivity index (χ0v) is 18.2. The largest absolute Gasteiger partial charge is 0.462 e. The zero-order chi connectivity index (χ0) is 21.0. The zero-order valence-electron chi connectivity index (χ0n) is 16.6. The molecule has 0 unspecified atom stereocenters. The lowest BCUT2D eigenvalue weighted by Crippen LogP contribution is -2.16. The number of thiophene rings is 1. The third-order valence-corrected chi connectivity index (χ3v) is 6.17. The first-order chi connectivity index (χ1) is 13.9. The molecule has 0 atom stereocenters. The van der Waals surface area contributed by atoms with E-state index in [9.17, 15) is 9.59 Å². The Kier molecular flexibility index (Phi) is 6.71. The van der Waals surface area contributed by atoms with Crippen molar-refractivity contribution in [3.8, 4) is 11.5 Å². The second-order valence-corrected chi connectivity index (χ2v) is 8.38. The Morgan fingerprint density at radius 1 is 1.21 bits per heavy atom. The number of hydrogen-bond acceptors (Lipinski definition) is 8. The molecule has 0 saturated heterocycles. The molecule has 2 aromatic heterocycles. The van der Waals surface area contributed by atoms with E-state index in [1.807, 2.05) is 45.0 Å². The number of carbonyl (C=O) groups excluding carboxylic acids is 2. The standard InChI is InChI=1S/C20H21N3O4S2/c1-5-26-19(25)16-12(3)13(4)29-18(16)21-15(24)10-28-20-23-22-17(27-20)14-9-7-6-8-11(14)2/h6-9H,5,10H2,1-4H3,(H,21,24). The van der Waals surface area contributed by atoms with Crippen LogP contribution >= 0.6 is 23.1 Å². The van der Waals surface area contributed by atoms with Gasteiger partial charge in [-0.25, -0.2) is 4.79 Å². The van der Waals surface area contributed by atoms with E-state index in [1.54, 1.807) is 6.92 Å². The minimum Gasteiger partial charge on any atom is -0.462 e. The van der Waals surface area contributed by atoms with E-state index in [1.165, 1.54) is 11.3 Å². The van der Waals surface area contributed by atoms with Gasteiger partial charge in [0, 0.05) is 10.4 Å². The summed E-state index contributed by atoms with van der Waals surface area (Å²) in [5.41, 5.74) is 3.11. The lowest BCUT2D eigenvalue weighted by atomic mass is 10.1. The summed E-state index contributed by atoms with van der Waals surface area (Å²) in [5, 5.41) is 11.7. The van der Waals surface area contributed by atoms with E-state index in [4.69, 9.17) is 9.15 Å². The number of rotatable bonds is 7. The number of ether oxygens (including phenoxy) is 1. The van der Waals surface area contributed by atoms with Crippen molar-refractivity contribution in [1.29, 1.82) is 0 Å². The summed E-state index contributed by atoms with van der Waals surface area (Å²) in [7, 11) is 0. The molecule has 2 heterocycles. The van der Waals surface area contributed by atoms with Gasteiger partial charge in [0.05, 0.1) is 17.9 Å². The van der Waals surface area contributed by atoms with Crippen molar-refractivity contribution in [2.45, 2.75) is 32.9 Å². The summed E-state index contributed by atoms with van der Waals surface area (Å²) < 4.78 is 10.8. The highest BCUT2D eigenvalue weighted by Gasteiger charge is 2.22. The number of aryl methyl sites for hydroxylation is 2. The number of nitrogens with one attached hydrogen (secondary N) is 1. The maximum absolute atomic E-state index is 12.4. The summed E-state index contributed by atoms with van der Waals surface area (Å²) in [6.45, 7) is 7.73. The molecule has 9 heteroatoms. The van der Waals surface area contributed by atoms with Crippen LogP contribution in [0.15, 0.2) is 33.9 Å². The van der Waals surface area contributed by atoms with Gasteiger partial charge in [-0.15, -0.1) is 21.5 Å². The van der Waals surface area contributed by atoms with Crippen molar-refractivity contribution in [1.82, 2.24) is 10.2 Å². The molecule has 0 spiro atoms. The molecule has 3 aromatic rings. The Labute approximate surface area is 176 Å². The number of benzene rings is 1. The average Bonchev–Trinajstić information content (AvgIpc) is 3.25. The van der Waals surface area contributed by atoms with E-state index < -0.39 is 5.97 Å². The van der Waals surface area contributed by atoms with Crippen LogP contribution in [0, 0.1) is 20.8 Å². The number of aromatic nitrogens is 2. The maximum atomic E-state index is 12.4. The van der Waals surface area contributed by atoms with Crippen LogP contribution in [0.4, 0.5) is 5.00 Å². The third-order valence-electron chi connectivity index (χ3n) is 4.23. The summed E-state index contributed by atoms with van der Waals surface area (Å²) in [4.78, 5) is 25.6. The second-order valence-electron chi connectivity index (χ2n) is 6.23. The molecular weight excluding hydrogens is 410 g/mol. The highest BCUT2D eigenvalue weighted by Crippen LogP contribution is 2.33. The Morgan fingerprint density at radius 2 is 1.97 bits per heavy atom. The SMILES string of the molecule is CCOC(=O)c1c(NC(=O)CSc2nnc(-c3ccccc3C)o2)sc(C)c1C. The van der Waals surface area contributed by atoms with Crippen molar-refractivity contribution in [3.05, 3.63) is 45.8 Å². The van der Waals surface area contributed by atoms with Gasteiger partial charge in [-0.05, 0) is 44.9 Å². The molecule has 3 rings (SSSR count). The Bertz CT molecular complexity index is 1040. The maximum Gasteiger partial charge on any atom is 0.341 e. The van der Waals surface area contributed by atoms with Gasteiger partial charge in [-0.3, -0.25) is 4.79 Å². The van der Waals surface area contributed by atoms with Crippen LogP contribution in [0.25, 0.3) is 11.5 Å². The van der Waals surface area contributed by atoms with Gasteiger partial charge in [-0.1, -0.05) is 30.0 Å². The number of anilines is 1. The van der Waals surface area contributed by atoms with Crippen molar-refractivity contribution < 1.29 is 18.7 Å². The van der Waals surface area contributed by atoms with Gasteiger partial charge in [-0.2, -0.15) is 0 Å². The molecule has 7 nitrogen and oxygen atoms in total. The first-order valence-electron chi connectivity index (χ1n) is 9.00. The van der Waals surface area contributed by atoms with E-state index >= 15 is 0 Å². The molecule has 1 aromatic carbocycles. The van der Waals surface area contributed by atoms with E-state index in [0.717, 1.165) is 33.3 Å². The molecule has 1 amide bonds. The topological polar surface area (TPSA) is 94.3 Å². The second kappa shape index (κ2) is 9.23. The van der Waals surface area contributed by atoms with Gasteiger partial charge < -0.3 is 14.5 Å². The third kappa shape index (κ3) is 4.86. The highest BCUT2D eigenvalue weighted by atomic mass is 32.2. The van der Waals surface area contributed by atoms with E-state index in [-0.39, 0.29) is 18.3 Å². The van der Waals surface area contributed by atoms with Crippen LogP contribution < -0.4 is 5.32 Å². The summed E-state index contributed by atoms with van der Waals surface area (Å²) in [6, 6.07) is 7.71. The van der Waals surface area contributed by atoms with Crippen molar-refractivity contribution in [2.24, 2.45) is 0 Å². The molecule has 1 N–H and O–H groups in total. The fourth-order valence-corrected chi connectivity index (χ4v) is 4.27. The normalized spacial score (nSPS) is 10.8. The number of thioether (sulfide) groups is 1. The average molecular weight is 432 g/mol. The van der Waals surface area contributed by atoms with Crippen LogP contribution in [-0.2, 0) is 9.53 Å². The number of esters is 1. The fraction of sp³-hybridized carbons (Fsp3) is 0.300. The number of nitrogens with zero attached hydrogens (tertiary/aromatic N) is 2. The minimum atomic E-state index is -0.433. The molecule has 0 bridgehead atoms. The molecule has 29 heavy (non-hydrogen) atoms. The molecule has 0 radical (unpaired) electrons. The fourth-order valence-electron chi connectivity index (χ4n) is 2.64. The van der Waals surface area contributed by atoms with Crippen molar-refractivity contribution in [3.63, 3.8) is 0 Å². The summed E-state index contributed by atoms with van der Waals surface area (Å²) in [5.74, 6) is -0.206. The molecule has 0 fully saturated rings. The number of carbonyl (C=O) groups is 2. The van der Waals surface area contributed by atoms with Crippen LogP contribution in [0.3, 0.4) is 0 Å². The number of amides is 1. The van der Waals surface area contributed by atoms with Crippen LogP contribution in [0.5, 0.6) is 0 Å². The summed E-state index contributed by atoms with van der Waals surface area (Å²) >= 11 is 2.50. The molecular formula is C20H21N3O4S2. The van der Waals surface area contributed by atoms with Crippen molar-refractivity contribution in [2.75, 3.05) is 17.7 Å². The van der Waals surface area contributed by atoms with Crippen LogP contribution in [0.2, 0.25) is 0 Å². The quantitative estimate of drug-likeness (QED) is 0.430. The predicted molar refractivity (Wildman–Crippen MR) is 114 cm³/mol. The summed E-state index contributed by atoms with van der Waals surface area (Å²) in [6.07, 6.45) is 0. The van der Waals surface area contributed by atoms with Crippen LogP contribution in [0.1, 0.15) is 33.3 Å². The van der Waals surface area contributed by atoms with Crippen LogP contribution in [-0.4, -0.2) is 34.4 Å². The first-order valence-corrected chi connectivity index (χ1v) is 10.8. The van der Waals surface area contributed by atoms with Gasteiger partial charge in [0.25, 0.3) is 5.22 Å². The van der Waals surface area contributed by atoms with E-state index in [2.05, 4.69) is 15.5 Å². The molecule has 0 saturated carbocycles. The highest BCUT2D eigenvalue weighted by molar-refractivity contribution is 7.99. The van der Waals surface area contributed by atoms with Crippen molar-refractivity contribution >= 4 is 40.0 Å². The first kappa shape index (κ1) is 21.1. The van der Waals surface area contributed by atoms with Gasteiger partial charge in [0.2, 0.25) is 11.8 Å². The van der Waals surface area contributed by atoms with Gasteiger partial charge in [0.1, 0.15) is 5.00 Å². The number of hydrogen-bond donors (Lipinski definition) is 1. The molecule has 152 valence electrons. The monoisotopic (exact) mass is 431 g/mol. The lowest BCUT2D eigenvalue weighted by Gasteiger charge is -2.06. The predicted octanol–water partition coefficient (Wildman–Crippen LogP) is 4.63. The molecule has 0 aliphatic heterocycles. The molecule has 0 aliphatic carbocycles. The Hall–Kier alpha value is -2.65. The lowest BCUT2D eigenvalue weighted by molar-refractivity contribution is -0.113. The smallest absolute Gasteiger partial charge is 0.341 e.